The third kappa shape index (κ3) is 5.61. The molecule has 7 nitrogen and oxygen atoms in total. The summed E-state index contributed by atoms with van der Waals surface area (Å²) in [6, 6.07) is -0.461. The number of urea groups is 1. The molecular formula is C14H25N3O4. The molecule has 0 aromatic rings. The van der Waals surface area contributed by atoms with Crippen LogP contribution >= 0.6 is 0 Å². The summed E-state index contributed by atoms with van der Waals surface area (Å²) in [7, 11) is 0. The van der Waals surface area contributed by atoms with E-state index >= 15 is 0 Å². The zero-order valence-corrected chi connectivity index (χ0v) is 12.7. The van der Waals surface area contributed by atoms with Crippen molar-refractivity contribution in [3.05, 3.63) is 0 Å². The molecule has 120 valence electrons. The average Bonchev–Trinajstić information content (AvgIpc) is 2.46. The van der Waals surface area contributed by atoms with Gasteiger partial charge in [-0.15, -0.1) is 0 Å². The number of rotatable bonds is 6. The zero-order chi connectivity index (χ0) is 15.9. The fourth-order valence-electron chi connectivity index (χ4n) is 2.27. The smallest absolute Gasteiger partial charge is 0.329 e. The van der Waals surface area contributed by atoms with Gasteiger partial charge in [0.25, 0.3) is 0 Å². The highest BCUT2D eigenvalue weighted by Gasteiger charge is 2.32. The van der Waals surface area contributed by atoms with Gasteiger partial charge in [-0.3, -0.25) is 4.79 Å². The first-order chi connectivity index (χ1) is 9.87. The first-order valence-corrected chi connectivity index (χ1v) is 7.46. The Bertz CT molecular complexity index is 394. The minimum Gasteiger partial charge on any atom is -0.480 e. The second-order valence-corrected chi connectivity index (χ2v) is 5.70. The van der Waals surface area contributed by atoms with Gasteiger partial charge in [-0.1, -0.05) is 26.2 Å². The third-order valence-corrected chi connectivity index (χ3v) is 3.95. The molecule has 0 spiro atoms. The molecular weight excluding hydrogens is 274 g/mol. The molecule has 1 fully saturated rings. The Kier molecular flexibility index (Phi) is 6.45. The number of nitrogens with one attached hydrogen (secondary N) is 3. The van der Waals surface area contributed by atoms with Gasteiger partial charge < -0.3 is 21.1 Å². The molecule has 1 aliphatic carbocycles. The van der Waals surface area contributed by atoms with Crippen molar-refractivity contribution in [2.24, 2.45) is 0 Å². The van der Waals surface area contributed by atoms with Crippen LogP contribution in [0, 0.1) is 0 Å². The van der Waals surface area contributed by atoms with E-state index in [1.54, 1.807) is 6.92 Å². The standard InChI is InChI=1S/C14H25N3O4/c1-3-14(2,12(19)20)17-13(21)15-9-11(18)16-10-7-5-4-6-8-10/h10H,3-9H2,1-2H3,(H,16,18)(H,19,20)(H2,15,17,21). The van der Waals surface area contributed by atoms with Crippen molar-refractivity contribution in [1.82, 2.24) is 16.0 Å². The second-order valence-electron chi connectivity index (χ2n) is 5.70. The van der Waals surface area contributed by atoms with E-state index in [1.165, 1.54) is 13.3 Å². The van der Waals surface area contributed by atoms with E-state index in [-0.39, 0.29) is 24.9 Å². The number of carboxylic acids is 1. The molecule has 0 heterocycles. The monoisotopic (exact) mass is 299 g/mol. The van der Waals surface area contributed by atoms with Gasteiger partial charge in [-0.25, -0.2) is 9.59 Å². The SMILES string of the molecule is CCC(C)(NC(=O)NCC(=O)NC1CCCCC1)C(=O)O. The molecule has 1 atom stereocenters. The molecule has 4 N–H and O–H groups in total. The minimum atomic E-state index is -1.33. The highest BCUT2D eigenvalue weighted by atomic mass is 16.4. The Morgan fingerprint density at radius 2 is 1.81 bits per heavy atom. The fraction of sp³-hybridized carbons (Fsp3) is 0.786. The van der Waals surface area contributed by atoms with Crippen LogP contribution in [-0.2, 0) is 9.59 Å². The maximum absolute atomic E-state index is 11.7. The Hall–Kier alpha value is -1.79. The van der Waals surface area contributed by atoms with E-state index in [4.69, 9.17) is 5.11 Å². The summed E-state index contributed by atoms with van der Waals surface area (Å²) in [5.41, 5.74) is -1.33. The minimum absolute atomic E-state index is 0.151. The molecule has 7 heteroatoms. The van der Waals surface area contributed by atoms with Crippen molar-refractivity contribution in [3.63, 3.8) is 0 Å². The number of hydrogen-bond acceptors (Lipinski definition) is 3. The lowest BCUT2D eigenvalue weighted by Crippen LogP contribution is -2.56. The van der Waals surface area contributed by atoms with Crippen LogP contribution in [-0.4, -0.2) is 41.1 Å². The molecule has 0 radical (unpaired) electrons. The summed E-state index contributed by atoms with van der Waals surface area (Å²) in [6.07, 6.45) is 5.65. The van der Waals surface area contributed by atoms with Gasteiger partial charge in [0.2, 0.25) is 5.91 Å². The molecule has 0 aliphatic heterocycles. The first kappa shape index (κ1) is 17.3. The summed E-state index contributed by atoms with van der Waals surface area (Å²) in [4.78, 5) is 34.4. The zero-order valence-electron chi connectivity index (χ0n) is 12.7. The number of amides is 3. The van der Waals surface area contributed by atoms with E-state index in [2.05, 4.69) is 16.0 Å². The fourth-order valence-corrected chi connectivity index (χ4v) is 2.27. The lowest BCUT2D eigenvalue weighted by molar-refractivity contribution is -0.143. The third-order valence-electron chi connectivity index (χ3n) is 3.95. The van der Waals surface area contributed by atoms with E-state index in [0.29, 0.717) is 0 Å². The number of hydrogen-bond donors (Lipinski definition) is 4. The van der Waals surface area contributed by atoms with Crippen molar-refractivity contribution < 1.29 is 19.5 Å². The van der Waals surface area contributed by atoms with Crippen molar-refractivity contribution in [1.29, 1.82) is 0 Å². The Labute approximate surface area is 124 Å². The summed E-state index contributed by atoms with van der Waals surface area (Å²) in [6.45, 7) is 2.95. The Morgan fingerprint density at radius 1 is 1.19 bits per heavy atom. The second kappa shape index (κ2) is 7.85. The molecule has 1 unspecified atom stereocenters. The summed E-state index contributed by atoms with van der Waals surface area (Å²) in [5.74, 6) is -1.35. The van der Waals surface area contributed by atoms with Gasteiger partial charge in [0.1, 0.15) is 5.54 Å². The van der Waals surface area contributed by atoms with Crippen LogP contribution in [0.2, 0.25) is 0 Å². The van der Waals surface area contributed by atoms with Gasteiger partial charge in [-0.2, -0.15) is 0 Å². The average molecular weight is 299 g/mol. The topological polar surface area (TPSA) is 108 Å². The molecule has 0 saturated heterocycles. The maximum atomic E-state index is 11.7. The molecule has 1 saturated carbocycles. The van der Waals surface area contributed by atoms with Crippen LogP contribution in [0.4, 0.5) is 4.79 Å². The summed E-state index contributed by atoms with van der Waals surface area (Å²) < 4.78 is 0. The Morgan fingerprint density at radius 3 is 2.33 bits per heavy atom. The quantitative estimate of drug-likeness (QED) is 0.586. The van der Waals surface area contributed by atoms with Crippen LogP contribution in [0.5, 0.6) is 0 Å². The van der Waals surface area contributed by atoms with Gasteiger partial charge in [0.05, 0.1) is 6.54 Å². The largest absolute Gasteiger partial charge is 0.480 e. The van der Waals surface area contributed by atoms with E-state index in [1.807, 2.05) is 0 Å². The molecule has 1 aliphatic rings. The maximum Gasteiger partial charge on any atom is 0.329 e. The van der Waals surface area contributed by atoms with Crippen molar-refractivity contribution in [2.75, 3.05) is 6.54 Å². The van der Waals surface area contributed by atoms with Crippen molar-refractivity contribution >= 4 is 17.9 Å². The van der Waals surface area contributed by atoms with Gasteiger partial charge in [0, 0.05) is 6.04 Å². The number of carbonyl (C=O) groups excluding carboxylic acids is 2. The highest BCUT2D eigenvalue weighted by molar-refractivity contribution is 5.88. The van der Waals surface area contributed by atoms with E-state index < -0.39 is 17.5 Å². The normalized spacial score (nSPS) is 18.4. The lowest BCUT2D eigenvalue weighted by atomic mass is 9.95. The van der Waals surface area contributed by atoms with Crippen LogP contribution in [0.25, 0.3) is 0 Å². The summed E-state index contributed by atoms with van der Waals surface area (Å²) in [5, 5.41) is 16.7. The Balaban J connectivity index is 2.31. The number of carboxylic acid groups (broad SMARTS) is 1. The predicted octanol–water partition coefficient (Wildman–Crippen LogP) is 0.988. The van der Waals surface area contributed by atoms with Gasteiger partial charge >= 0.3 is 12.0 Å². The van der Waals surface area contributed by atoms with Crippen molar-refractivity contribution in [3.8, 4) is 0 Å². The van der Waals surface area contributed by atoms with Crippen LogP contribution in [0.1, 0.15) is 52.4 Å². The summed E-state index contributed by atoms with van der Waals surface area (Å²) >= 11 is 0. The molecule has 0 aromatic heterocycles. The molecule has 1 rings (SSSR count). The van der Waals surface area contributed by atoms with Gasteiger partial charge in [-0.05, 0) is 26.2 Å². The number of carbonyl (C=O) groups is 3. The molecule has 0 aromatic carbocycles. The van der Waals surface area contributed by atoms with Crippen LogP contribution < -0.4 is 16.0 Å². The first-order valence-electron chi connectivity index (χ1n) is 7.46. The van der Waals surface area contributed by atoms with Gasteiger partial charge in [0.15, 0.2) is 0 Å². The highest BCUT2D eigenvalue weighted by Crippen LogP contribution is 2.17. The van der Waals surface area contributed by atoms with E-state index in [0.717, 1.165) is 25.7 Å². The number of aliphatic carboxylic acids is 1. The van der Waals surface area contributed by atoms with Crippen molar-refractivity contribution in [2.45, 2.75) is 64.0 Å². The molecule has 0 bridgehead atoms. The predicted molar refractivity (Wildman–Crippen MR) is 77.9 cm³/mol. The van der Waals surface area contributed by atoms with E-state index in [9.17, 15) is 14.4 Å². The lowest BCUT2D eigenvalue weighted by Gasteiger charge is -2.25. The van der Waals surface area contributed by atoms with Crippen LogP contribution in [0.3, 0.4) is 0 Å². The molecule has 21 heavy (non-hydrogen) atoms. The van der Waals surface area contributed by atoms with Crippen LogP contribution in [0.15, 0.2) is 0 Å². The molecule has 3 amide bonds.